The van der Waals surface area contributed by atoms with Crippen molar-refractivity contribution >= 4 is 29.2 Å². The highest BCUT2D eigenvalue weighted by atomic mass is 35.5. The lowest BCUT2D eigenvalue weighted by Crippen LogP contribution is -2.12. The summed E-state index contributed by atoms with van der Waals surface area (Å²) in [5, 5.41) is 12.7. The topological polar surface area (TPSA) is 84.6 Å². The van der Waals surface area contributed by atoms with Crippen LogP contribution in [0.2, 0.25) is 5.02 Å². The molecular weight excluding hydrogens is 298 g/mol. The Bertz CT molecular complexity index is 636. The highest BCUT2D eigenvalue weighted by molar-refractivity contribution is 7.98. The fourth-order valence-corrected chi connectivity index (χ4v) is 2.77. The monoisotopic (exact) mass is 311 g/mol. The normalized spacial score (nSPS) is 11.8. The van der Waals surface area contributed by atoms with Crippen LogP contribution in [0.15, 0.2) is 33.0 Å². The fraction of sp³-hybridized carbons (Fsp3) is 0.231. The quantitative estimate of drug-likeness (QED) is 0.297. The van der Waals surface area contributed by atoms with Crippen molar-refractivity contribution in [2.24, 2.45) is 10.9 Å². The molecule has 0 unspecified atom stereocenters. The third-order valence-electron chi connectivity index (χ3n) is 2.82. The van der Waals surface area contributed by atoms with E-state index in [0.717, 1.165) is 17.0 Å². The van der Waals surface area contributed by atoms with Gasteiger partial charge < -0.3 is 15.4 Å². The minimum absolute atomic E-state index is 0.0325. The van der Waals surface area contributed by atoms with E-state index in [-0.39, 0.29) is 5.84 Å². The van der Waals surface area contributed by atoms with Crippen LogP contribution in [0.5, 0.6) is 0 Å². The van der Waals surface area contributed by atoms with Crippen LogP contribution in [0.3, 0.4) is 0 Å². The summed E-state index contributed by atoms with van der Waals surface area (Å²) in [5.41, 5.74) is 7.91. The second-order valence-electron chi connectivity index (χ2n) is 4.20. The van der Waals surface area contributed by atoms with E-state index < -0.39 is 0 Å². The molecule has 0 aliphatic rings. The summed E-state index contributed by atoms with van der Waals surface area (Å²) in [7, 11) is 0. The fourth-order valence-electron chi connectivity index (χ4n) is 1.53. The number of nitrogens with two attached hydrogens (primary N) is 1. The van der Waals surface area contributed by atoms with Crippen molar-refractivity contribution in [2.75, 3.05) is 0 Å². The maximum atomic E-state index is 8.62. The van der Waals surface area contributed by atoms with Gasteiger partial charge >= 0.3 is 0 Å². The molecule has 7 heteroatoms. The molecule has 1 heterocycles. The van der Waals surface area contributed by atoms with Crippen molar-refractivity contribution in [3.05, 3.63) is 45.8 Å². The molecule has 5 nitrogen and oxygen atoms in total. The molecule has 0 amide bonds. The average Bonchev–Trinajstić information content (AvgIpc) is 2.75. The Kier molecular flexibility index (Phi) is 4.57. The predicted molar refractivity (Wildman–Crippen MR) is 79.5 cm³/mol. The van der Waals surface area contributed by atoms with Gasteiger partial charge in [0.05, 0.1) is 5.69 Å². The number of oxazole rings is 1. The number of hydrogen-bond donors (Lipinski definition) is 2. The largest absolute Gasteiger partial charge is 0.437 e. The minimum Gasteiger partial charge on any atom is -0.437 e. The molecule has 1 aromatic heterocycles. The molecule has 3 N–H and O–H groups in total. The average molecular weight is 312 g/mol. The first-order valence-corrected chi connectivity index (χ1v) is 7.20. The van der Waals surface area contributed by atoms with Crippen LogP contribution in [0.1, 0.15) is 22.6 Å². The number of aryl methyl sites for hydroxylation is 2. The molecule has 0 radical (unpaired) electrons. The lowest BCUT2D eigenvalue weighted by atomic mass is 10.1. The Morgan fingerprint density at radius 2 is 2.25 bits per heavy atom. The Balaban J connectivity index is 2.10. The first-order valence-electron chi connectivity index (χ1n) is 5.84. The molecule has 0 fully saturated rings. The molecule has 0 saturated carbocycles. The first-order chi connectivity index (χ1) is 9.51. The van der Waals surface area contributed by atoms with Gasteiger partial charge in [-0.3, -0.25) is 0 Å². The number of rotatable bonds is 4. The van der Waals surface area contributed by atoms with Crippen molar-refractivity contribution in [3.63, 3.8) is 0 Å². The van der Waals surface area contributed by atoms with Crippen LogP contribution in [-0.4, -0.2) is 16.0 Å². The highest BCUT2D eigenvalue weighted by Gasteiger charge is 2.09. The summed E-state index contributed by atoms with van der Waals surface area (Å²) in [6, 6.07) is 5.26. The maximum Gasteiger partial charge on any atom is 0.256 e. The molecule has 0 bridgehead atoms. The molecule has 0 aliphatic heterocycles. The van der Waals surface area contributed by atoms with Crippen LogP contribution >= 0.6 is 23.4 Å². The van der Waals surface area contributed by atoms with Gasteiger partial charge in [0.15, 0.2) is 5.84 Å². The number of thioether (sulfide) groups is 1. The number of benzene rings is 1. The molecule has 0 aliphatic carbocycles. The van der Waals surface area contributed by atoms with Gasteiger partial charge in [0.2, 0.25) is 0 Å². The summed E-state index contributed by atoms with van der Waals surface area (Å²) in [4.78, 5) is 4.30. The van der Waals surface area contributed by atoms with Crippen LogP contribution < -0.4 is 5.73 Å². The van der Waals surface area contributed by atoms with Gasteiger partial charge in [-0.1, -0.05) is 40.7 Å². The minimum atomic E-state index is 0.0325. The number of aromatic nitrogens is 1. The molecule has 20 heavy (non-hydrogen) atoms. The Morgan fingerprint density at radius 1 is 1.50 bits per heavy atom. The summed E-state index contributed by atoms with van der Waals surface area (Å²) in [6.45, 7) is 3.78. The first kappa shape index (κ1) is 14.7. The van der Waals surface area contributed by atoms with Crippen molar-refractivity contribution in [2.45, 2.75) is 24.8 Å². The van der Waals surface area contributed by atoms with Crippen molar-refractivity contribution in [3.8, 4) is 0 Å². The second-order valence-corrected chi connectivity index (χ2v) is 5.54. The number of halogens is 1. The van der Waals surface area contributed by atoms with Crippen LogP contribution in [0, 0.1) is 13.8 Å². The predicted octanol–water partition coefficient (Wildman–Crippen LogP) is 3.33. The van der Waals surface area contributed by atoms with Gasteiger partial charge in [-0.15, -0.1) is 0 Å². The van der Waals surface area contributed by atoms with E-state index in [4.69, 9.17) is 27.0 Å². The second kappa shape index (κ2) is 6.19. The smallest absolute Gasteiger partial charge is 0.256 e. The SMILES string of the molecule is Cc1nc(SCc2ccc(/C(N)=N/O)cc2Cl)oc1C. The maximum absolute atomic E-state index is 8.62. The van der Waals surface area contributed by atoms with E-state index >= 15 is 0 Å². The Morgan fingerprint density at radius 3 is 2.80 bits per heavy atom. The standard InChI is InChI=1S/C13H14ClN3O2S/c1-7-8(2)19-13(16-7)20-6-10-4-3-9(5-11(10)14)12(15)17-18/h3-5,18H,6H2,1-2H3,(H2,15,17). The van der Waals surface area contributed by atoms with Crippen LogP contribution in [0.25, 0.3) is 0 Å². The lowest BCUT2D eigenvalue weighted by Gasteiger charge is -2.05. The zero-order chi connectivity index (χ0) is 14.7. The zero-order valence-corrected chi connectivity index (χ0v) is 12.6. The summed E-state index contributed by atoms with van der Waals surface area (Å²) in [5.74, 6) is 1.49. The lowest BCUT2D eigenvalue weighted by molar-refractivity contribution is 0.318. The molecule has 2 aromatic rings. The third kappa shape index (κ3) is 3.26. The molecule has 106 valence electrons. The van der Waals surface area contributed by atoms with Crippen molar-refractivity contribution in [1.82, 2.24) is 4.98 Å². The molecule has 0 spiro atoms. The van der Waals surface area contributed by atoms with Crippen LogP contribution in [0.4, 0.5) is 0 Å². The summed E-state index contributed by atoms with van der Waals surface area (Å²) in [6.07, 6.45) is 0. The van der Waals surface area contributed by atoms with Crippen LogP contribution in [-0.2, 0) is 5.75 Å². The van der Waals surface area contributed by atoms with E-state index in [9.17, 15) is 0 Å². The van der Waals surface area contributed by atoms with Gasteiger partial charge in [0.1, 0.15) is 5.76 Å². The van der Waals surface area contributed by atoms with Crippen molar-refractivity contribution < 1.29 is 9.62 Å². The van der Waals surface area contributed by atoms with E-state index in [1.54, 1.807) is 12.1 Å². The molecular formula is C13H14ClN3O2S. The summed E-state index contributed by atoms with van der Waals surface area (Å²) < 4.78 is 5.49. The van der Waals surface area contributed by atoms with E-state index in [0.29, 0.717) is 21.6 Å². The number of hydrogen-bond acceptors (Lipinski definition) is 5. The molecule has 0 saturated heterocycles. The molecule has 2 rings (SSSR count). The van der Waals surface area contributed by atoms with Gasteiger partial charge in [0.25, 0.3) is 5.22 Å². The van der Waals surface area contributed by atoms with Gasteiger partial charge in [-0.25, -0.2) is 4.98 Å². The van der Waals surface area contributed by atoms with E-state index in [2.05, 4.69) is 10.1 Å². The number of oxime groups is 1. The Labute approximate surface area is 125 Å². The van der Waals surface area contributed by atoms with Gasteiger partial charge in [-0.2, -0.15) is 0 Å². The van der Waals surface area contributed by atoms with Crippen molar-refractivity contribution in [1.29, 1.82) is 0 Å². The zero-order valence-electron chi connectivity index (χ0n) is 11.1. The number of amidine groups is 1. The molecule has 1 aromatic carbocycles. The van der Waals surface area contributed by atoms with E-state index in [1.165, 1.54) is 11.8 Å². The van der Waals surface area contributed by atoms with E-state index in [1.807, 2.05) is 19.9 Å². The van der Waals surface area contributed by atoms with Gasteiger partial charge in [-0.05, 0) is 25.5 Å². The summed E-state index contributed by atoms with van der Waals surface area (Å²) >= 11 is 7.65. The third-order valence-corrected chi connectivity index (χ3v) is 4.05. The number of nitrogens with zero attached hydrogens (tertiary/aromatic N) is 2. The Hall–Kier alpha value is -1.66. The highest BCUT2D eigenvalue weighted by Crippen LogP contribution is 2.28. The van der Waals surface area contributed by atoms with Gasteiger partial charge in [0, 0.05) is 16.3 Å². The molecule has 0 atom stereocenters.